The zero-order valence-corrected chi connectivity index (χ0v) is 16.8. The van der Waals surface area contributed by atoms with Crippen molar-refractivity contribution < 1.29 is 13.2 Å². The molecule has 0 spiro atoms. The van der Waals surface area contributed by atoms with Gasteiger partial charge in [-0.3, -0.25) is 4.79 Å². The summed E-state index contributed by atoms with van der Waals surface area (Å²) in [5.74, 6) is 0.0552. The number of nitrogens with one attached hydrogen (secondary N) is 2. The second-order valence-corrected chi connectivity index (χ2v) is 8.31. The van der Waals surface area contributed by atoms with Crippen molar-refractivity contribution in [3.63, 3.8) is 0 Å². The van der Waals surface area contributed by atoms with Crippen LogP contribution in [-0.4, -0.2) is 47.0 Å². The summed E-state index contributed by atoms with van der Waals surface area (Å²) in [7, 11) is -4.00. The van der Waals surface area contributed by atoms with E-state index in [9.17, 15) is 13.2 Å². The van der Waals surface area contributed by atoms with Crippen molar-refractivity contribution in [2.24, 2.45) is 0 Å². The number of rotatable bonds is 8. The van der Waals surface area contributed by atoms with Gasteiger partial charge in [-0.15, -0.1) is 0 Å². The van der Waals surface area contributed by atoms with Crippen LogP contribution in [0.3, 0.4) is 0 Å². The predicted molar refractivity (Wildman–Crippen MR) is 104 cm³/mol. The Morgan fingerprint density at radius 3 is 2.68 bits per heavy atom. The number of nitrogens with zero attached hydrogens (tertiary/aromatic N) is 4. The van der Waals surface area contributed by atoms with E-state index in [-0.39, 0.29) is 14.9 Å². The average molecular weight is 443 g/mol. The summed E-state index contributed by atoms with van der Waals surface area (Å²) in [6.07, 6.45) is 6.26. The van der Waals surface area contributed by atoms with E-state index in [2.05, 4.69) is 25.1 Å². The number of carbonyl (C=O) groups is 1. The highest BCUT2D eigenvalue weighted by atomic mass is 35.5. The highest BCUT2D eigenvalue weighted by Gasteiger charge is 2.22. The van der Waals surface area contributed by atoms with Gasteiger partial charge in [0.05, 0.1) is 16.6 Å². The van der Waals surface area contributed by atoms with Gasteiger partial charge in [-0.05, 0) is 30.5 Å². The smallest absolute Gasteiger partial charge is 0.252 e. The normalized spacial score (nSPS) is 11.6. The lowest BCUT2D eigenvalue weighted by molar-refractivity contribution is -0.119. The first-order valence-electron chi connectivity index (χ1n) is 8.21. The molecule has 0 saturated heterocycles. The first kappa shape index (κ1) is 20.5. The van der Waals surface area contributed by atoms with Crippen molar-refractivity contribution in [3.05, 3.63) is 52.5 Å². The largest absolute Gasteiger partial charge is 0.355 e. The minimum Gasteiger partial charge on any atom is -0.355 e. The fraction of sp³-hybridized carbons (Fsp3) is 0.250. The molecule has 0 bridgehead atoms. The van der Waals surface area contributed by atoms with Crippen molar-refractivity contribution in [1.29, 1.82) is 0 Å². The van der Waals surface area contributed by atoms with E-state index in [1.807, 2.05) is 6.20 Å². The Balaban J connectivity index is 1.45. The molecule has 3 rings (SSSR count). The fourth-order valence-corrected chi connectivity index (χ4v) is 4.56. The van der Waals surface area contributed by atoms with Crippen molar-refractivity contribution in [3.8, 4) is 0 Å². The van der Waals surface area contributed by atoms with Crippen molar-refractivity contribution in [2.75, 3.05) is 13.1 Å². The third-order valence-corrected chi connectivity index (χ3v) is 6.12. The summed E-state index contributed by atoms with van der Waals surface area (Å²) in [5.41, 5.74) is 0.946. The molecular weight excluding hydrogens is 427 g/mol. The number of halogens is 2. The molecule has 0 aliphatic rings. The molecule has 9 nitrogen and oxygen atoms in total. The van der Waals surface area contributed by atoms with Crippen LogP contribution in [-0.2, 0) is 21.2 Å². The van der Waals surface area contributed by atoms with Crippen LogP contribution >= 0.6 is 23.2 Å². The quantitative estimate of drug-likeness (QED) is 0.509. The van der Waals surface area contributed by atoms with Gasteiger partial charge in [-0.2, -0.15) is 10.1 Å². The Morgan fingerprint density at radius 1 is 1.18 bits per heavy atom. The number of hydrogen-bond donors (Lipinski definition) is 2. The molecule has 3 aromatic rings. The molecule has 0 aliphatic heterocycles. The van der Waals surface area contributed by atoms with Crippen molar-refractivity contribution >= 4 is 44.9 Å². The Morgan fingerprint density at radius 2 is 1.93 bits per heavy atom. The number of sulfonamides is 1. The summed E-state index contributed by atoms with van der Waals surface area (Å²) >= 11 is 11.8. The molecule has 0 radical (unpaired) electrons. The number of aryl methyl sites for hydroxylation is 1. The Bertz CT molecular complexity index is 1080. The average Bonchev–Trinajstić information content (AvgIpc) is 3.11. The maximum Gasteiger partial charge on any atom is 0.252 e. The molecule has 148 valence electrons. The molecule has 2 heterocycles. The van der Waals surface area contributed by atoms with E-state index in [1.54, 1.807) is 10.7 Å². The van der Waals surface area contributed by atoms with Crippen LogP contribution in [0.15, 0.2) is 41.8 Å². The van der Waals surface area contributed by atoms with Gasteiger partial charge in [0.2, 0.25) is 15.9 Å². The van der Waals surface area contributed by atoms with E-state index >= 15 is 0 Å². The van der Waals surface area contributed by atoms with Crippen molar-refractivity contribution in [1.82, 2.24) is 29.6 Å². The lowest BCUT2D eigenvalue weighted by atomic mass is 10.2. The second kappa shape index (κ2) is 8.82. The molecule has 1 aromatic carbocycles. The predicted octanol–water partition coefficient (Wildman–Crippen LogP) is 1.46. The third kappa shape index (κ3) is 4.96. The molecule has 28 heavy (non-hydrogen) atoms. The van der Waals surface area contributed by atoms with Gasteiger partial charge >= 0.3 is 0 Å². The van der Waals surface area contributed by atoms with Crippen LogP contribution in [0.2, 0.25) is 10.0 Å². The van der Waals surface area contributed by atoms with Crippen LogP contribution in [0.1, 0.15) is 12.0 Å². The Labute approximate surface area is 171 Å². The van der Waals surface area contributed by atoms with Gasteiger partial charge in [0.1, 0.15) is 11.2 Å². The second-order valence-electron chi connectivity index (χ2n) is 5.80. The minimum absolute atomic E-state index is 0.0154. The molecule has 0 fully saturated rings. The van der Waals surface area contributed by atoms with E-state index in [4.69, 9.17) is 23.2 Å². The van der Waals surface area contributed by atoms with E-state index < -0.39 is 22.5 Å². The maximum atomic E-state index is 12.3. The molecule has 0 saturated carbocycles. The number of hydrogen-bond acceptors (Lipinski definition) is 6. The van der Waals surface area contributed by atoms with E-state index in [0.717, 1.165) is 5.56 Å². The Hall–Kier alpha value is -2.27. The number of benzene rings is 1. The number of amides is 1. The van der Waals surface area contributed by atoms with Gasteiger partial charge in [0.25, 0.3) is 5.78 Å². The Kier molecular flexibility index (Phi) is 6.45. The SMILES string of the molecule is O=C(CNS(=O)(=O)c1c(Cl)cccc1Cl)NCCCc1cnc2ncnn2c1. The fourth-order valence-electron chi connectivity index (χ4n) is 2.44. The van der Waals surface area contributed by atoms with Gasteiger partial charge < -0.3 is 5.32 Å². The van der Waals surface area contributed by atoms with E-state index in [0.29, 0.717) is 25.2 Å². The topological polar surface area (TPSA) is 118 Å². The van der Waals surface area contributed by atoms with E-state index in [1.165, 1.54) is 24.5 Å². The molecular formula is C16H16Cl2N6O3S. The lowest BCUT2D eigenvalue weighted by Crippen LogP contribution is -2.37. The molecule has 0 unspecified atom stereocenters. The number of carbonyl (C=O) groups excluding carboxylic acids is 1. The zero-order valence-electron chi connectivity index (χ0n) is 14.5. The van der Waals surface area contributed by atoms with Gasteiger partial charge in [0.15, 0.2) is 0 Å². The van der Waals surface area contributed by atoms with Crippen LogP contribution in [0.5, 0.6) is 0 Å². The summed E-state index contributed by atoms with van der Waals surface area (Å²) in [6, 6.07) is 4.35. The first-order chi connectivity index (χ1) is 13.4. The van der Waals surface area contributed by atoms with Gasteiger partial charge in [-0.25, -0.2) is 22.6 Å². The molecule has 12 heteroatoms. The molecule has 2 aromatic heterocycles. The zero-order chi connectivity index (χ0) is 20.1. The van der Waals surface area contributed by atoms with Crippen LogP contribution in [0.4, 0.5) is 0 Å². The number of fused-ring (bicyclic) bond motifs is 1. The van der Waals surface area contributed by atoms with Gasteiger partial charge in [-0.1, -0.05) is 29.3 Å². The molecule has 0 aliphatic carbocycles. The maximum absolute atomic E-state index is 12.3. The molecule has 2 N–H and O–H groups in total. The number of aromatic nitrogens is 4. The summed E-state index contributed by atoms with van der Waals surface area (Å²) in [5, 5.41) is 6.63. The monoisotopic (exact) mass is 442 g/mol. The molecule has 1 amide bonds. The van der Waals surface area contributed by atoms with Crippen LogP contribution in [0, 0.1) is 0 Å². The van der Waals surface area contributed by atoms with Crippen LogP contribution < -0.4 is 10.0 Å². The van der Waals surface area contributed by atoms with Crippen LogP contribution in [0.25, 0.3) is 5.78 Å². The van der Waals surface area contributed by atoms with Gasteiger partial charge in [0, 0.05) is 18.9 Å². The minimum atomic E-state index is -4.00. The lowest BCUT2D eigenvalue weighted by Gasteiger charge is -2.10. The molecule has 0 atom stereocenters. The highest BCUT2D eigenvalue weighted by Crippen LogP contribution is 2.28. The summed E-state index contributed by atoms with van der Waals surface area (Å²) in [4.78, 5) is 19.8. The standard InChI is InChI=1S/C16H16Cl2N6O3S/c17-12-4-1-5-13(18)15(12)28(26,27)23-8-14(25)19-6-2-3-11-7-20-16-21-10-22-24(16)9-11/h1,4-5,7,9-10,23H,2-3,6,8H2,(H,19,25). The summed E-state index contributed by atoms with van der Waals surface area (Å²) in [6.45, 7) is -0.0425. The highest BCUT2D eigenvalue weighted by molar-refractivity contribution is 7.89. The third-order valence-electron chi connectivity index (χ3n) is 3.76. The van der Waals surface area contributed by atoms with Crippen molar-refractivity contribution in [2.45, 2.75) is 17.7 Å². The first-order valence-corrected chi connectivity index (χ1v) is 10.5. The summed E-state index contributed by atoms with van der Waals surface area (Å²) < 4.78 is 28.4.